The molecule has 2 N–H and O–H groups in total. The van der Waals surface area contributed by atoms with E-state index in [1.165, 1.54) is 5.56 Å². The number of hydrogen-bond donors (Lipinski definition) is 1. The minimum atomic E-state index is -2.74. The zero-order valence-corrected chi connectivity index (χ0v) is 19.0. The Labute approximate surface area is 180 Å². The summed E-state index contributed by atoms with van der Waals surface area (Å²) in [4.78, 5) is 8.51. The van der Waals surface area contributed by atoms with Crippen molar-refractivity contribution in [1.29, 1.82) is 0 Å². The Balaban J connectivity index is 1.96. The molecule has 158 valence electrons. The minimum absolute atomic E-state index is 0.698. The lowest BCUT2D eigenvalue weighted by atomic mass is 9.98. The topological polar surface area (TPSA) is 59.2 Å². The molecule has 1 unspecified atom stereocenters. The third-order valence-electron chi connectivity index (χ3n) is 6.36. The molecular weight excluding hydrogens is 390 g/mol. The molecule has 1 saturated heterocycles. The SMILES string of the molecule is C=S(=O)(c1ccc(N)c(C)c1)c1cnc2ccc(CC)cc2c1N1CCC(C)CC1. The zero-order chi connectivity index (χ0) is 21.5. The lowest BCUT2D eigenvalue weighted by Gasteiger charge is -2.34. The molecule has 5 heteroatoms. The molecule has 0 aliphatic carbocycles. The van der Waals surface area contributed by atoms with Crippen molar-refractivity contribution in [3.63, 3.8) is 0 Å². The van der Waals surface area contributed by atoms with Crippen molar-refractivity contribution in [3.8, 4) is 0 Å². The first-order valence-corrected chi connectivity index (χ1v) is 12.4. The van der Waals surface area contributed by atoms with Crippen LogP contribution in [-0.4, -0.2) is 28.2 Å². The van der Waals surface area contributed by atoms with Gasteiger partial charge in [-0.05, 0) is 79.4 Å². The number of piperidine rings is 1. The van der Waals surface area contributed by atoms with Gasteiger partial charge in [-0.25, -0.2) is 0 Å². The van der Waals surface area contributed by atoms with Crippen LogP contribution in [0.5, 0.6) is 0 Å². The number of benzene rings is 2. The molecule has 2 heterocycles. The number of rotatable bonds is 4. The van der Waals surface area contributed by atoms with E-state index in [9.17, 15) is 4.21 Å². The number of anilines is 2. The first-order chi connectivity index (χ1) is 14.3. The van der Waals surface area contributed by atoms with Crippen LogP contribution in [0.2, 0.25) is 0 Å². The van der Waals surface area contributed by atoms with Crippen molar-refractivity contribution in [2.45, 2.75) is 49.8 Å². The lowest BCUT2D eigenvalue weighted by Crippen LogP contribution is -2.34. The van der Waals surface area contributed by atoms with Gasteiger partial charge in [-0.1, -0.05) is 19.9 Å². The highest BCUT2D eigenvalue weighted by molar-refractivity contribution is 8.00. The third-order valence-corrected chi connectivity index (χ3v) is 8.38. The second-order valence-corrected chi connectivity index (χ2v) is 10.8. The molecule has 0 saturated carbocycles. The molecule has 1 fully saturated rings. The van der Waals surface area contributed by atoms with Crippen LogP contribution in [0.3, 0.4) is 0 Å². The molecule has 1 aliphatic rings. The van der Waals surface area contributed by atoms with Gasteiger partial charge in [0.15, 0.2) is 0 Å². The van der Waals surface area contributed by atoms with Crippen LogP contribution in [0, 0.1) is 12.8 Å². The van der Waals surface area contributed by atoms with Gasteiger partial charge in [-0.2, -0.15) is 0 Å². The van der Waals surface area contributed by atoms with E-state index < -0.39 is 9.52 Å². The number of aryl methyl sites for hydroxylation is 2. The second-order valence-electron chi connectivity index (χ2n) is 8.54. The molecule has 4 rings (SSSR count). The Hall–Kier alpha value is -2.53. The number of fused-ring (bicyclic) bond motifs is 1. The summed E-state index contributed by atoms with van der Waals surface area (Å²) >= 11 is 0. The number of nitrogen functional groups attached to an aromatic ring is 1. The van der Waals surface area contributed by atoms with E-state index in [0.29, 0.717) is 16.5 Å². The molecule has 0 amide bonds. The van der Waals surface area contributed by atoms with Crippen LogP contribution in [0.25, 0.3) is 10.9 Å². The fourth-order valence-corrected chi connectivity index (χ4v) is 5.89. The molecule has 2 aromatic carbocycles. The Bertz CT molecular complexity index is 1190. The molecule has 1 aliphatic heterocycles. The Morgan fingerprint density at radius 3 is 2.60 bits per heavy atom. The van der Waals surface area contributed by atoms with Gasteiger partial charge in [0.1, 0.15) is 0 Å². The van der Waals surface area contributed by atoms with Crippen molar-refractivity contribution in [2.75, 3.05) is 23.7 Å². The average molecular weight is 422 g/mol. The standard InChI is InChI=1S/C25H31N3OS/c1-5-19-6-9-23-21(15-19)25(28-12-10-17(2)11-13-28)24(16-27-23)30(4,29)20-7-8-22(26)18(3)14-20/h6-9,14-17H,4-5,10-13,26H2,1-3H3. The quantitative estimate of drug-likeness (QED) is 0.473. The van der Waals surface area contributed by atoms with Gasteiger partial charge in [0.2, 0.25) is 0 Å². The molecule has 30 heavy (non-hydrogen) atoms. The first kappa shape index (κ1) is 20.7. The van der Waals surface area contributed by atoms with Gasteiger partial charge in [0, 0.05) is 44.8 Å². The number of nitrogens with zero attached hydrogens (tertiary/aromatic N) is 2. The summed E-state index contributed by atoms with van der Waals surface area (Å²) < 4.78 is 14.2. The number of aromatic nitrogens is 1. The summed E-state index contributed by atoms with van der Waals surface area (Å²) in [5.74, 6) is 4.94. The number of nitrogens with two attached hydrogens (primary N) is 1. The van der Waals surface area contributed by atoms with E-state index in [1.807, 2.05) is 25.1 Å². The van der Waals surface area contributed by atoms with E-state index in [0.717, 1.165) is 59.4 Å². The van der Waals surface area contributed by atoms with Crippen molar-refractivity contribution < 1.29 is 4.21 Å². The molecule has 1 atom stereocenters. The molecule has 0 spiro atoms. The summed E-state index contributed by atoms with van der Waals surface area (Å²) in [6.45, 7) is 8.31. The summed E-state index contributed by atoms with van der Waals surface area (Å²) in [5.41, 5.74) is 10.8. The Morgan fingerprint density at radius 1 is 1.20 bits per heavy atom. The van der Waals surface area contributed by atoms with E-state index >= 15 is 0 Å². The lowest BCUT2D eigenvalue weighted by molar-refractivity contribution is 0.438. The van der Waals surface area contributed by atoms with Crippen LogP contribution in [-0.2, 0) is 15.9 Å². The summed E-state index contributed by atoms with van der Waals surface area (Å²) in [6, 6.07) is 12.0. The van der Waals surface area contributed by atoms with Crippen LogP contribution >= 0.6 is 0 Å². The van der Waals surface area contributed by atoms with Crippen LogP contribution < -0.4 is 10.6 Å². The second kappa shape index (κ2) is 7.95. The van der Waals surface area contributed by atoms with Gasteiger partial charge >= 0.3 is 0 Å². The first-order valence-electron chi connectivity index (χ1n) is 10.7. The van der Waals surface area contributed by atoms with Gasteiger partial charge < -0.3 is 10.6 Å². The predicted octanol–water partition coefficient (Wildman–Crippen LogP) is 5.06. The van der Waals surface area contributed by atoms with E-state index in [1.54, 1.807) is 6.20 Å². The highest BCUT2D eigenvalue weighted by Crippen LogP contribution is 2.38. The van der Waals surface area contributed by atoms with Gasteiger partial charge in [0.05, 0.1) is 16.1 Å². The van der Waals surface area contributed by atoms with Crippen molar-refractivity contribution in [3.05, 3.63) is 53.7 Å². The predicted molar refractivity (Wildman–Crippen MR) is 129 cm³/mol. The molecule has 0 radical (unpaired) electrons. The largest absolute Gasteiger partial charge is 0.399 e. The van der Waals surface area contributed by atoms with Crippen LogP contribution in [0.1, 0.15) is 37.8 Å². The van der Waals surface area contributed by atoms with Gasteiger partial charge in [-0.15, -0.1) is 0 Å². The highest BCUT2D eigenvalue weighted by Gasteiger charge is 2.25. The van der Waals surface area contributed by atoms with E-state index in [-0.39, 0.29) is 0 Å². The maximum absolute atomic E-state index is 14.2. The van der Waals surface area contributed by atoms with E-state index in [4.69, 9.17) is 5.73 Å². The molecule has 0 bridgehead atoms. The summed E-state index contributed by atoms with van der Waals surface area (Å²) in [5, 5.41) is 1.07. The number of pyridine rings is 1. The maximum atomic E-state index is 14.2. The van der Waals surface area contributed by atoms with Gasteiger partial charge in [0.25, 0.3) is 0 Å². The molecular formula is C25H31N3OS. The molecule has 1 aromatic heterocycles. The monoisotopic (exact) mass is 421 g/mol. The Kier molecular flexibility index (Phi) is 5.49. The summed E-state index contributed by atoms with van der Waals surface area (Å²) in [7, 11) is -2.74. The molecule has 3 aromatic rings. The zero-order valence-electron chi connectivity index (χ0n) is 18.1. The van der Waals surface area contributed by atoms with E-state index in [2.05, 4.69) is 47.8 Å². The van der Waals surface area contributed by atoms with Crippen LogP contribution in [0.4, 0.5) is 11.4 Å². The average Bonchev–Trinajstić information content (AvgIpc) is 2.75. The fraction of sp³-hybridized carbons (Fsp3) is 0.360. The normalized spacial score (nSPS) is 17.2. The maximum Gasteiger partial charge on any atom is 0.0773 e. The van der Waals surface area contributed by atoms with Crippen molar-refractivity contribution in [1.82, 2.24) is 4.98 Å². The number of hydrogen-bond acceptors (Lipinski definition) is 4. The Morgan fingerprint density at radius 2 is 1.93 bits per heavy atom. The summed E-state index contributed by atoms with van der Waals surface area (Å²) in [6.07, 6.45) is 5.00. The highest BCUT2D eigenvalue weighted by atomic mass is 32.2. The van der Waals surface area contributed by atoms with Gasteiger partial charge in [-0.3, -0.25) is 9.19 Å². The minimum Gasteiger partial charge on any atom is -0.399 e. The molecule has 4 nitrogen and oxygen atoms in total. The van der Waals surface area contributed by atoms with Crippen LogP contribution in [0.15, 0.2) is 52.4 Å². The third kappa shape index (κ3) is 3.67. The smallest absolute Gasteiger partial charge is 0.0773 e. The van der Waals surface area contributed by atoms with Crippen molar-refractivity contribution >= 4 is 37.7 Å². The fourth-order valence-electron chi connectivity index (χ4n) is 4.21. The van der Waals surface area contributed by atoms with Crippen molar-refractivity contribution in [2.24, 2.45) is 5.92 Å².